The van der Waals surface area contributed by atoms with Gasteiger partial charge in [0.1, 0.15) is 18.0 Å². The molecule has 0 saturated carbocycles. The zero-order valence-electron chi connectivity index (χ0n) is 17.7. The van der Waals surface area contributed by atoms with E-state index in [9.17, 15) is 29.1 Å². The van der Waals surface area contributed by atoms with E-state index in [4.69, 9.17) is 5.26 Å². The molecular weight excluding hydrogens is 419 g/mol. The molecule has 4 atom stereocenters. The van der Waals surface area contributed by atoms with Crippen LogP contribution in [-0.4, -0.2) is 51.1 Å². The quantitative estimate of drug-likeness (QED) is 0.680. The predicted molar refractivity (Wildman–Crippen MR) is 110 cm³/mol. The zero-order valence-corrected chi connectivity index (χ0v) is 17.7. The number of fused-ring (bicyclic) bond motifs is 1. The Morgan fingerprint density at radius 2 is 2.06 bits per heavy atom. The van der Waals surface area contributed by atoms with Crippen LogP contribution in [0.1, 0.15) is 30.5 Å². The first-order valence-electron chi connectivity index (χ1n) is 9.93. The van der Waals surface area contributed by atoms with E-state index in [1.165, 1.54) is 19.9 Å². The van der Waals surface area contributed by atoms with Gasteiger partial charge in [-0.05, 0) is 31.5 Å². The van der Waals surface area contributed by atoms with Gasteiger partial charge in [-0.1, -0.05) is 0 Å². The number of carbonyl (C=O) groups is 1. The fraction of sp³-hybridized carbons (Fsp3) is 0.429. The number of piperazine rings is 1. The smallest absolute Gasteiger partial charge is 0.346 e. The number of nitriles is 2. The molecule has 1 aliphatic rings. The highest BCUT2D eigenvalue weighted by Gasteiger charge is 2.55. The monoisotopic (exact) mass is 440 g/mol. The molecule has 1 aromatic carbocycles. The maximum absolute atomic E-state index is 14.1. The highest BCUT2D eigenvalue weighted by atomic mass is 19.1. The number of nitrogens with zero attached hydrogens (tertiary/aromatic N) is 4. The van der Waals surface area contributed by atoms with Crippen LogP contribution in [0, 0.1) is 45.2 Å². The number of aryl methyl sites for hydroxylation is 1. The van der Waals surface area contributed by atoms with Crippen LogP contribution in [-0.2, 0) is 11.2 Å². The molecule has 0 radical (unpaired) electrons. The van der Waals surface area contributed by atoms with Crippen molar-refractivity contribution in [3.8, 4) is 12.1 Å². The number of nitroso groups, excluding NO2 is 2. The summed E-state index contributed by atoms with van der Waals surface area (Å²) in [4.78, 5) is 52.4. The molecule has 1 amide bonds. The summed E-state index contributed by atoms with van der Waals surface area (Å²) in [7, 11) is 0. The first-order chi connectivity index (χ1) is 15.1. The molecule has 2 aromatic rings. The molecule has 1 aliphatic heterocycles. The van der Waals surface area contributed by atoms with Gasteiger partial charge < -0.3 is 10.3 Å². The van der Waals surface area contributed by atoms with Crippen molar-refractivity contribution in [2.75, 3.05) is 6.54 Å². The van der Waals surface area contributed by atoms with E-state index in [1.807, 2.05) is 0 Å². The van der Waals surface area contributed by atoms with Gasteiger partial charge in [0.25, 0.3) is 24.2 Å². The number of aromatic nitrogens is 1. The molecule has 2 heterocycles. The van der Waals surface area contributed by atoms with E-state index in [1.54, 1.807) is 19.1 Å². The molecular formula is C21H21FN6O4+2. The van der Waals surface area contributed by atoms with Crippen molar-refractivity contribution >= 4 is 16.8 Å². The first kappa shape index (κ1) is 22.7. The summed E-state index contributed by atoms with van der Waals surface area (Å²) in [6.07, 6.45) is -0.370. The average molecular weight is 440 g/mol. The van der Waals surface area contributed by atoms with E-state index in [0.29, 0.717) is 15.1 Å². The van der Waals surface area contributed by atoms with Crippen molar-refractivity contribution < 1.29 is 18.7 Å². The van der Waals surface area contributed by atoms with E-state index in [-0.39, 0.29) is 35.0 Å². The van der Waals surface area contributed by atoms with E-state index in [2.05, 4.69) is 10.3 Å². The normalized spacial score (nSPS) is 21.6. The summed E-state index contributed by atoms with van der Waals surface area (Å²) in [5, 5.41) is 21.2. The summed E-state index contributed by atoms with van der Waals surface area (Å²) >= 11 is 0. The minimum absolute atomic E-state index is 0.0648. The van der Waals surface area contributed by atoms with Crippen LogP contribution in [0.25, 0.3) is 10.9 Å². The molecule has 0 spiro atoms. The van der Waals surface area contributed by atoms with Crippen LogP contribution in [0.5, 0.6) is 0 Å². The lowest BCUT2D eigenvalue weighted by Crippen LogP contribution is -2.61. The number of hydrogen-bond acceptors (Lipinski definition) is 6. The Hall–Kier alpha value is -3.99. The molecule has 32 heavy (non-hydrogen) atoms. The van der Waals surface area contributed by atoms with Crippen molar-refractivity contribution in [1.82, 2.24) is 10.3 Å². The van der Waals surface area contributed by atoms with Crippen LogP contribution >= 0.6 is 0 Å². The van der Waals surface area contributed by atoms with Crippen LogP contribution in [0.2, 0.25) is 0 Å². The van der Waals surface area contributed by atoms with Gasteiger partial charge in [-0.25, -0.2) is 4.39 Å². The number of benzene rings is 1. The lowest BCUT2D eigenvalue weighted by molar-refractivity contribution is -0.747. The second-order valence-electron chi connectivity index (χ2n) is 7.88. The number of H-pyrrole nitrogens is 1. The standard InChI is InChI=1S/C21H19FN6O4/c1-10-14(21(30)26-17-5-4-16(22)15(8-24)19(10)17)6-18(29)25-11(2)20-12(3)28(32)13(7-23)9-27(20)31/h4-5,11-13,20H,6,9H2,1-3H3/p+2/t11-,12?,13?,20?/m1/s1. The maximum atomic E-state index is 14.1. The second kappa shape index (κ2) is 8.63. The molecule has 11 heteroatoms. The van der Waals surface area contributed by atoms with Crippen molar-refractivity contribution in [2.24, 2.45) is 0 Å². The largest absolute Gasteiger partial charge is 0.347 e. The van der Waals surface area contributed by atoms with Gasteiger partial charge in [0.2, 0.25) is 5.91 Å². The topological polar surface area (TPSA) is 150 Å². The molecule has 0 bridgehead atoms. The predicted octanol–water partition coefficient (Wildman–Crippen LogP) is 1.12. The summed E-state index contributed by atoms with van der Waals surface area (Å²) < 4.78 is 15.2. The van der Waals surface area contributed by atoms with Crippen molar-refractivity contribution in [3.63, 3.8) is 0 Å². The summed E-state index contributed by atoms with van der Waals surface area (Å²) in [6, 6.07) is 2.43. The maximum Gasteiger partial charge on any atom is 0.347 e. The van der Waals surface area contributed by atoms with E-state index < -0.39 is 41.5 Å². The lowest BCUT2D eigenvalue weighted by Gasteiger charge is -2.23. The van der Waals surface area contributed by atoms with Gasteiger partial charge in [0.15, 0.2) is 0 Å². The Morgan fingerprint density at radius 1 is 1.38 bits per heavy atom. The Labute approximate surface area is 181 Å². The average Bonchev–Trinajstić information content (AvgIpc) is 2.74. The third kappa shape index (κ3) is 3.85. The number of hydrogen-bond donors (Lipinski definition) is 2. The van der Waals surface area contributed by atoms with Crippen molar-refractivity contribution in [2.45, 2.75) is 51.4 Å². The van der Waals surface area contributed by atoms with Crippen LogP contribution in [0.4, 0.5) is 4.39 Å². The molecule has 10 nitrogen and oxygen atoms in total. The Bertz CT molecular complexity index is 1290. The third-order valence-corrected chi connectivity index (χ3v) is 5.89. The number of nitrogens with one attached hydrogen (secondary N) is 2. The van der Waals surface area contributed by atoms with E-state index >= 15 is 0 Å². The van der Waals surface area contributed by atoms with Gasteiger partial charge in [-0.15, -0.1) is 0 Å². The fourth-order valence-electron chi connectivity index (χ4n) is 4.28. The highest BCUT2D eigenvalue weighted by Crippen LogP contribution is 2.24. The molecule has 164 valence electrons. The fourth-order valence-corrected chi connectivity index (χ4v) is 4.28. The second-order valence-corrected chi connectivity index (χ2v) is 7.88. The van der Waals surface area contributed by atoms with Crippen LogP contribution in [0.15, 0.2) is 16.9 Å². The van der Waals surface area contributed by atoms with Crippen molar-refractivity contribution in [3.05, 3.63) is 54.8 Å². The Morgan fingerprint density at radius 3 is 2.69 bits per heavy atom. The molecule has 1 saturated heterocycles. The molecule has 1 aromatic heterocycles. The van der Waals surface area contributed by atoms with Gasteiger partial charge in [0.05, 0.1) is 23.5 Å². The lowest BCUT2D eigenvalue weighted by atomic mass is 9.96. The number of amides is 1. The zero-order chi connectivity index (χ0) is 23.7. The number of aromatic amines is 1. The molecule has 1 fully saturated rings. The summed E-state index contributed by atoms with van der Waals surface area (Å²) in [6.45, 7) is 4.29. The minimum atomic E-state index is -1.09. The molecule has 0 aliphatic carbocycles. The number of halogens is 1. The van der Waals surface area contributed by atoms with Gasteiger partial charge in [0, 0.05) is 37.2 Å². The van der Waals surface area contributed by atoms with Gasteiger partial charge in [-0.2, -0.15) is 10.5 Å². The first-order valence-corrected chi connectivity index (χ1v) is 9.93. The van der Waals surface area contributed by atoms with Gasteiger partial charge >= 0.3 is 6.04 Å². The number of carbonyl (C=O) groups excluding carboxylic acids is 1. The minimum Gasteiger partial charge on any atom is -0.346 e. The molecule has 3 rings (SSSR count). The number of rotatable bonds is 4. The molecule has 3 unspecified atom stereocenters. The Kier molecular flexibility index (Phi) is 6.12. The summed E-state index contributed by atoms with van der Waals surface area (Å²) in [5.74, 6) is -1.32. The number of pyridine rings is 1. The van der Waals surface area contributed by atoms with E-state index in [0.717, 1.165) is 6.07 Å². The van der Waals surface area contributed by atoms with Crippen molar-refractivity contribution in [1.29, 1.82) is 10.5 Å². The summed E-state index contributed by atoms with van der Waals surface area (Å²) in [5.41, 5.74) is -0.125. The third-order valence-electron chi connectivity index (χ3n) is 5.89. The SMILES string of the molecule is Cc1c(CC(=O)N[C@H](C)C2C(C)[N+](=O)C(C#N)C[N+]2=O)c(=O)[nH]c2ccc(F)c(C#N)c12. The van der Waals surface area contributed by atoms with Gasteiger partial charge in [-0.3, -0.25) is 9.59 Å². The molecule has 2 N–H and O–H groups in total. The van der Waals surface area contributed by atoms with Crippen LogP contribution in [0.3, 0.4) is 0 Å². The van der Waals surface area contributed by atoms with Crippen LogP contribution < -0.4 is 10.9 Å². The Balaban J connectivity index is 1.86. The highest BCUT2D eigenvalue weighted by molar-refractivity contribution is 5.90.